The average Bonchev–Trinajstić information content (AvgIpc) is 2.03. The van der Waals surface area contributed by atoms with Gasteiger partial charge in [-0.1, -0.05) is 12.2 Å². The van der Waals surface area contributed by atoms with E-state index in [2.05, 4.69) is 18.0 Å². The Morgan fingerprint density at radius 1 is 0.909 bits per heavy atom. The van der Waals surface area contributed by atoms with Crippen LogP contribution in [0.15, 0.2) is 25.3 Å². The molecule has 11 heavy (non-hydrogen) atoms. The second-order valence-electron chi connectivity index (χ2n) is 1.76. The van der Waals surface area contributed by atoms with Crippen molar-refractivity contribution < 1.29 is 14.5 Å². The van der Waals surface area contributed by atoms with Crippen molar-refractivity contribution in [1.82, 2.24) is 0 Å². The molecule has 64 valence electrons. The lowest BCUT2D eigenvalue weighted by Gasteiger charge is -2.01. The number of hydrogen-bond acceptors (Lipinski definition) is 3. The molecular formula is C8H14O3. The highest BCUT2D eigenvalue weighted by molar-refractivity contribution is 4.63. The van der Waals surface area contributed by atoms with Crippen LogP contribution in [0, 0.1) is 0 Å². The largest absolute Gasteiger partial charge is 0.375 e. The molecule has 0 aromatic rings. The summed E-state index contributed by atoms with van der Waals surface area (Å²) >= 11 is 0. The maximum Gasteiger partial charge on any atom is 0.106 e. The predicted octanol–water partition coefficient (Wildman–Crippen LogP) is 1.32. The van der Waals surface area contributed by atoms with Crippen LogP contribution < -0.4 is 0 Å². The third-order valence-corrected chi connectivity index (χ3v) is 0.816. The second-order valence-corrected chi connectivity index (χ2v) is 1.76. The summed E-state index contributed by atoms with van der Waals surface area (Å²) in [7, 11) is 0. The Bertz CT molecular complexity index is 89.5. The van der Waals surface area contributed by atoms with Crippen molar-refractivity contribution in [2.45, 2.75) is 0 Å². The van der Waals surface area contributed by atoms with Gasteiger partial charge in [0, 0.05) is 0 Å². The fourth-order valence-corrected chi connectivity index (χ4v) is 0.415. The molecule has 0 spiro atoms. The molecule has 0 saturated carbocycles. The first-order valence-corrected chi connectivity index (χ1v) is 3.45. The summed E-state index contributed by atoms with van der Waals surface area (Å²) in [6, 6.07) is 0. The van der Waals surface area contributed by atoms with Crippen LogP contribution in [0.1, 0.15) is 0 Å². The summed E-state index contributed by atoms with van der Waals surface area (Å²) in [5, 5.41) is 0. The van der Waals surface area contributed by atoms with Gasteiger partial charge in [0.15, 0.2) is 0 Å². The number of rotatable bonds is 8. The van der Waals surface area contributed by atoms with Gasteiger partial charge in [0.05, 0.1) is 13.2 Å². The second kappa shape index (κ2) is 9.36. The van der Waals surface area contributed by atoms with Crippen molar-refractivity contribution in [2.24, 2.45) is 0 Å². The van der Waals surface area contributed by atoms with Gasteiger partial charge in [-0.2, -0.15) is 0 Å². The third-order valence-electron chi connectivity index (χ3n) is 0.816. The van der Waals surface area contributed by atoms with Crippen LogP contribution in [0.25, 0.3) is 0 Å². The zero-order chi connectivity index (χ0) is 8.36. The molecule has 0 heterocycles. The molecule has 0 aliphatic carbocycles. The molecule has 0 unspecified atom stereocenters. The molecule has 0 amide bonds. The van der Waals surface area contributed by atoms with Gasteiger partial charge in [-0.05, 0) is 0 Å². The van der Waals surface area contributed by atoms with E-state index in [0.29, 0.717) is 26.4 Å². The fourth-order valence-electron chi connectivity index (χ4n) is 0.415. The quantitative estimate of drug-likeness (QED) is 0.231. The first-order chi connectivity index (χ1) is 5.41. The van der Waals surface area contributed by atoms with Crippen molar-refractivity contribution in [3.63, 3.8) is 0 Å². The van der Waals surface area contributed by atoms with E-state index in [9.17, 15) is 0 Å². The number of ether oxygens (including phenoxy) is 1. The summed E-state index contributed by atoms with van der Waals surface area (Å²) in [6.07, 6.45) is 3.30. The van der Waals surface area contributed by atoms with Crippen LogP contribution in [-0.2, 0) is 14.5 Å². The first-order valence-electron chi connectivity index (χ1n) is 3.45. The Morgan fingerprint density at radius 2 is 1.64 bits per heavy atom. The third kappa shape index (κ3) is 9.36. The van der Waals surface area contributed by atoms with Crippen LogP contribution in [0.4, 0.5) is 0 Å². The molecule has 0 atom stereocenters. The zero-order valence-corrected chi connectivity index (χ0v) is 6.62. The minimum atomic E-state index is 0.404. The van der Waals surface area contributed by atoms with E-state index in [1.165, 1.54) is 0 Å². The van der Waals surface area contributed by atoms with E-state index in [0.717, 1.165) is 0 Å². The molecule has 0 radical (unpaired) electrons. The molecule has 3 nitrogen and oxygen atoms in total. The van der Waals surface area contributed by atoms with Crippen LogP contribution in [-0.4, -0.2) is 26.4 Å². The molecule has 0 rings (SSSR count). The van der Waals surface area contributed by atoms with E-state index < -0.39 is 0 Å². The fraction of sp³-hybridized carbons (Fsp3) is 0.500. The first kappa shape index (κ1) is 10.4. The SMILES string of the molecule is C=CCOCCOOCC=C. The molecule has 0 saturated heterocycles. The molecule has 0 fully saturated rings. The van der Waals surface area contributed by atoms with Crippen molar-refractivity contribution >= 4 is 0 Å². The zero-order valence-electron chi connectivity index (χ0n) is 6.62. The summed E-state index contributed by atoms with van der Waals surface area (Å²) in [5.74, 6) is 0. The lowest BCUT2D eigenvalue weighted by Crippen LogP contribution is -2.04. The van der Waals surface area contributed by atoms with Crippen LogP contribution in [0.3, 0.4) is 0 Å². The van der Waals surface area contributed by atoms with Crippen LogP contribution in [0.5, 0.6) is 0 Å². The molecular weight excluding hydrogens is 144 g/mol. The molecule has 0 aromatic carbocycles. The standard InChI is InChI=1S/C8H14O3/c1-3-5-9-7-8-11-10-6-4-2/h3-4H,1-2,5-8H2. The van der Waals surface area contributed by atoms with E-state index >= 15 is 0 Å². The van der Waals surface area contributed by atoms with Crippen molar-refractivity contribution in [1.29, 1.82) is 0 Å². The highest BCUT2D eigenvalue weighted by Crippen LogP contribution is 1.81. The van der Waals surface area contributed by atoms with Gasteiger partial charge in [-0.3, -0.25) is 0 Å². The Kier molecular flexibility index (Phi) is 8.82. The van der Waals surface area contributed by atoms with Crippen molar-refractivity contribution in [3.05, 3.63) is 25.3 Å². The van der Waals surface area contributed by atoms with Gasteiger partial charge in [-0.15, -0.1) is 13.2 Å². The predicted molar refractivity (Wildman–Crippen MR) is 43.1 cm³/mol. The van der Waals surface area contributed by atoms with E-state index in [1.807, 2.05) is 0 Å². The van der Waals surface area contributed by atoms with E-state index in [4.69, 9.17) is 9.62 Å². The van der Waals surface area contributed by atoms with Crippen molar-refractivity contribution in [3.8, 4) is 0 Å². The minimum Gasteiger partial charge on any atom is -0.375 e. The molecule has 0 aliphatic heterocycles. The van der Waals surface area contributed by atoms with Gasteiger partial charge in [0.1, 0.15) is 13.2 Å². The van der Waals surface area contributed by atoms with Crippen LogP contribution >= 0.6 is 0 Å². The van der Waals surface area contributed by atoms with Crippen molar-refractivity contribution in [2.75, 3.05) is 26.4 Å². The van der Waals surface area contributed by atoms with Gasteiger partial charge in [-0.25, -0.2) is 9.78 Å². The normalized spacial score (nSPS) is 9.45. The molecule has 3 heteroatoms. The number of hydrogen-bond donors (Lipinski definition) is 0. The summed E-state index contributed by atoms with van der Waals surface area (Å²) < 4.78 is 5.01. The smallest absolute Gasteiger partial charge is 0.106 e. The van der Waals surface area contributed by atoms with Gasteiger partial charge in [0.2, 0.25) is 0 Å². The van der Waals surface area contributed by atoms with Gasteiger partial charge in [0.25, 0.3) is 0 Å². The molecule has 0 N–H and O–H groups in total. The Balaban J connectivity index is 2.79. The molecule has 0 bridgehead atoms. The maximum atomic E-state index is 5.01. The van der Waals surface area contributed by atoms with E-state index in [1.54, 1.807) is 12.2 Å². The summed E-state index contributed by atoms with van der Waals surface area (Å²) in [4.78, 5) is 9.33. The Labute approximate surface area is 67.2 Å². The minimum absolute atomic E-state index is 0.404. The lowest BCUT2D eigenvalue weighted by molar-refractivity contribution is -0.290. The topological polar surface area (TPSA) is 27.7 Å². The molecule has 0 aromatic heterocycles. The average molecular weight is 158 g/mol. The summed E-state index contributed by atoms with van der Waals surface area (Å²) in [5.41, 5.74) is 0. The van der Waals surface area contributed by atoms with Gasteiger partial charge < -0.3 is 4.74 Å². The molecule has 0 aliphatic rings. The lowest BCUT2D eigenvalue weighted by atomic mass is 10.7. The highest BCUT2D eigenvalue weighted by Gasteiger charge is 1.86. The van der Waals surface area contributed by atoms with Crippen LogP contribution in [0.2, 0.25) is 0 Å². The maximum absolute atomic E-state index is 5.01. The van der Waals surface area contributed by atoms with Gasteiger partial charge >= 0.3 is 0 Å². The Hall–Kier alpha value is -0.640. The van der Waals surface area contributed by atoms with E-state index in [-0.39, 0.29) is 0 Å². The monoisotopic (exact) mass is 158 g/mol. The highest BCUT2D eigenvalue weighted by atomic mass is 17.2. The summed E-state index contributed by atoms with van der Waals surface area (Å²) in [6.45, 7) is 8.86. The Morgan fingerprint density at radius 3 is 2.27 bits per heavy atom.